The molecule has 3 rings (SSSR count). The zero-order valence-corrected chi connectivity index (χ0v) is 14.4. The number of aromatic nitrogens is 2. The van der Waals surface area contributed by atoms with Crippen molar-refractivity contribution in [2.24, 2.45) is 0 Å². The highest BCUT2D eigenvalue weighted by atomic mass is 35.5. The third-order valence-electron chi connectivity index (χ3n) is 3.60. The SMILES string of the molecule is N#Cc1ccc(COC(=O)CCc2nc(-c3ccc(Cl)cc3)no2)cc1. The minimum absolute atomic E-state index is 0.137. The number of nitrogens with zero attached hydrogens (tertiary/aromatic N) is 3. The molecule has 1 heterocycles. The zero-order chi connectivity index (χ0) is 18.4. The topological polar surface area (TPSA) is 89.0 Å². The Bertz CT molecular complexity index is 928. The van der Waals surface area contributed by atoms with Gasteiger partial charge in [-0.2, -0.15) is 10.2 Å². The Kier molecular flexibility index (Phi) is 5.62. The van der Waals surface area contributed by atoms with E-state index in [1.165, 1.54) is 0 Å². The second kappa shape index (κ2) is 8.28. The van der Waals surface area contributed by atoms with Gasteiger partial charge in [-0.15, -0.1) is 0 Å². The second-order valence-electron chi connectivity index (χ2n) is 5.49. The van der Waals surface area contributed by atoms with Crippen LogP contribution in [0.1, 0.15) is 23.4 Å². The van der Waals surface area contributed by atoms with Gasteiger partial charge in [-0.25, -0.2) is 0 Å². The Morgan fingerprint density at radius 3 is 2.58 bits per heavy atom. The molecule has 7 heteroatoms. The van der Waals surface area contributed by atoms with Gasteiger partial charge < -0.3 is 9.26 Å². The fraction of sp³-hybridized carbons (Fsp3) is 0.158. The van der Waals surface area contributed by atoms with Gasteiger partial charge >= 0.3 is 5.97 Å². The van der Waals surface area contributed by atoms with Crippen molar-refractivity contribution in [3.63, 3.8) is 0 Å². The van der Waals surface area contributed by atoms with Crippen molar-refractivity contribution in [1.82, 2.24) is 10.1 Å². The summed E-state index contributed by atoms with van der Waals surface area (Å²) in [4.78, 5) is 16.1. The molecular weight excluding hydrogens is 354 g/mol. The molecule has 130 valence electrons. The predicted octanol–water partition coefficient (Wildman–Crippen LogP) is 3.94. The molecule has 3 aromatic rings. The van der Waals surface area contributed by atoms with Gasteiger partial charge in [0.1, 0.15) is 6.61 Å². The van der Waals surface area contributed by atoms with E-state index in [0.29, 0.717) is 28.7 Å². The Morgan fingerprint density at radius 2 is 1.88 bits per heavy atom. The number of esters is 1. The molecule has 0 unspecified atom stereocenters. The molecule has 1 aromatic heterocycles. The van der Waals surface area contributed by atoms with Gasteiger partial charge in [0.2, 0.25) is 11.7 Å². The molecule has 0 saturated carbocycles. The smallest absolute Gasteiger partial charge is 0.306 e. The van der Waals surface area contributed by atoms with Crippen molar-refractivity contribution in [2.75, 3.05) is 0 Å². The molecule has 2 aromatic carbocycles. The maximum absolute atomic E-state index is 11.8. The number of carbonyl (C=O) groups excluding carboxylic acids is 1. The third kappa shape index (κ3) is 4.68. The number of aryl methyl sites for hydroxylation is 1. The first-order valence-electron chi connectivity index (χ1n) is 7.87. The predicted molar refractivity (Wildman–Crippen MR) is 94.0 cm³/mol. The quantitative estimate of drug-likeness (QED) is 0.613. The van der Waals surface area contributed by atoms with Gasteiger partial charge in [-0.1, -0.05) is 28.9 Å². The van der Waals surface area contributed by atoms with Crippen molar-refractivity contribution in [3.8, 4) is 17.5 Å². The maximum atomic E-state index is 11.8. The number of rotatable bonds is 6. The van der Waals surface area contributed by atoms with Crippen LogP contribution >= 0.6 is 11.6 Å². The first-order chi connectivity index (χ1) is 12.6. The van der Waals surface area contributed by atoms with Gasteiger partial charge in [0.15, 0.2) is 0 Å². The van der Waals surface area contributed by atoms with Crippen LogP contribution in [0, 0.1) is 11.3 Å². The summed E-state index contributed by atoms with van der Waals surface area (Å²) in [5.41, 5.74) is 2.17. The molecule has 0 radical (unpaired) electrons. The number of nitriles is 1. The first-order valence-corrected chi connectivity index (χ1v) is 8.25. The number of carbonyl (C=O) groups is 1. The van der Waals surface area contributed by atoms with E-state index in [9.17, 15) is 4.79 Å². The fourth-order valence-corrected chi connectivity index (χ4v) is 2.32. The maximum Gasteiger partial charge on any atom is 0.306 e. The van der Waals surface area contributed by atoms with Crippen molar-refractivity contribution >= 4 is 17.6 Å². The average Bonchev–Trinajstić information content (AvgIpc) is 3.14. The lowest BCUT2D eigenvalue weighted by Crippen LogP contribution is -2.06. The van der Waals surface area contributed by atoms with E-state index >= 15 is 0 Å². The Balaban J connectivity index is 1.48. The number of benzene rings is 2. The molecule has 0 aliphatic rings. The van der Waals surface area contributed by atoms with Crippen molar-refractivity contribution in [2.45, 2.75) is 19.4 Å². The van der Waals surface area contributed by atoms with Crippen LogP contribution in [-0.4, -0.2) is 16.1 Å². The molecule has 6 nitrogen and oxygen atoms in total. The van der Waals surface area contributed by atoms with E-state index in [4.69, 9.17) is 26.1 Å². The minimum Gasteiger partial charge on any atom is -0.461 e. The van der Waals surface area contributed by atoms with Crippen LogP contribution < -0.4 is 0 Å². The average molecular weight is 368 g/mol. The van der Waals surface area contributed by atoms with E-state index in [0.717, 1.165) is 11.1 Å². The molecule has 0 bridgehead atoms. The summed E-state index contributed by atoms with van der Waals surface area (Å²) in [7, 11) is 0. The zero-order valence-electron chi connectivity index (χ0n) is 13.7. The van der Waals surface area contributed by atoms with Crippen molar-refractivity contribution < 1.29 is 14.1 Å². The van der Waals surface area contributed by atoms with E-state index in [-0.39, 0.29) is 19.0 Å². The van der Waals surface area contributed by atoms with Crippen molar-refractivity contribution in [1.29, 1.82) is 5.26 Å². The van der Waals surface area contributed by atoms with Crippen LogP contribution in [0.5, 0.6) is 0 Å². The third-order valence-corrected chi connectivity index (χ3v) is 3.85. The highest BCUT2D eigenvalue weighted by Crippen LogP contribution is 2.19. The lowest BCUT2D eigenvalue weighted by Gasteiger charge is -2.04. The summed E-state index contributed by atoms with van der Waals surface area (Å²) in [6, 6.07) is 16.0. The van der Waals surface area contributed by atoms with Gasteiger partial charge in [-0.05, 0) is 42.0 Å². The van der Waals surface area contributed by atoms with Gasteiger partial charge in [0.25, 0.3) is 0 Å². The molecular formula is C19H14ClN3O3. The van der Waals surface area contributed by atoms with Crippen LogP contribution in [-0.2, 0) is 22.6 Å². The lowest BCUT2D eigenvalue weighted by atomic mass is 10.2. The number of hydrogen-bond donors (Lipinski definition) is 0. The van der Waals surface area contributed by atoms with Crippen LogP contribution in [0.15, 0.2) is 53.1 Å². The summed E-state index contributed by atoms with van der Waals surface area (Å²) in [6.07, 6.45) is 0.436. The molecule has 0 fully saturated rings. The summed E-state index contributed by atoms with van der Waals surface area (Å²) in [6.45, 7) is 0.157. The molecule has 0 aliphatic heterocycles. The highest BCUT2D eigenvalue weighted by molar-refractivity contribution is 6.30. The van der Waals surface area contributed by atoms with Crippen molar-refractivity contribution in [3.05, 3.63) is 70.6 Å². The summed E-state index contributed by atoms with van der Waals surface area (Å²) >= 11 is 5.85. The standard InChI is InChI=1S/C19H14ClN3O3/c20-16-7-5-15(6-8-16)19-22-17(26-23-19)9-10-18(24)25-12-14-3-1-13(11-21)2-4-14/h1-8H,9-10,12H2. The van der Waals surface area contributed by atoms with Gasteiger partial charge in [0.05, 0.1) is 18.1 Å². The second-order valence-corrected chi connectivity index (χ2v) is 5.92. The van der Waals surface area contributed by atoms with Gasteiger partial charge in [0, 0.05) is 17.0 Å². The highest BCUT2D eigenvalue weighted by Gasteiger charge is 2.11. The van der Waals surface area contributed by atoms with E-state index in [2.05, 4.69) is 10.1 Å². The molecule has 0 saturated heterocycles. The minimum atomic E-state index is -0.361. The lowest BCUT2D eigenvalue weighted by molar-refractivity contribution is -0.145. The monoisotopic (exact) mass is 367 g/mol. The van der Waals surface area contributed by atoms with Crippen LogP contribution in [0.4, 0.5) is 0 Å². The molecule has 0 amide bonds. The fourth-order valence-electron chi connectivity index (χ4n) is 2.19. The summed E-state index contributed by atoms with van der Waals surface area (Å²) in [5.74, 6) is 0.452. The largest absolute Gasteiger partial charge is 0.461 e. The molecule has 26 heavy (non-hydrogen) atoms. The Morgan fingerprint density at radius 1 is 1.15 bits per heavy atom. The summed E-state index contributed by atoms with van der Waals surface area (Å²) in [5, 5.41) is 13.3. The molecule has 0 N–H and O–H groups in total. The first kappa shape index (κ1) is 17.6. The van der Waals surface area contributed by atoms with Crippen LogP contribution in [0.25, 0.3) is 11.4 Å². The van der Waals surface area contributed by atoms with Crippen LogP contribution in [0.2, 0.25) is 5.02 Å². The number of halogens is 1. The number of ether oxygens (including phenoxy) is 1. The molecule has 0 atom stereocenters. The summed E-state index contributed by atoms with van der Waals surface area (Å²) < 4.78 is 10.4. The Labute approximate surface area is 155 Å². The molecule has 0 aliphatic carbocycles. The molecule has 0 spiro atoms. The van der Waals surface area contributed by atoms with Crippen LogP contribution in [0.3, 0.4) is 0 Å². The normalized spacial score (nSPS) is 10.3. The number of hydrogen-bond acceptors (Lipinski definition) is 6. The van der Waals surface area contributed by atoms with Gasteiger partial charge in [-0.3, -0.25) is 4.79 Å². The van der Waals surface area contributed by atoms with E-state index in [1.54, 1.807) is 48.5 Å². The Hall–Kier alpha value is -3.17. The van der Waals surface area contributed by atoms with E-state index in [1.807, 2.05) is 6.07 Å². The van der Waals surface area contributed by atoms with E-state index < -0.39 is 0 Å².